The lowest BCUT2D eigenvalue weighted by molar-refractivity contribution is -0.141. The first-order valence-electron chi connectivity index (χ1n) is 23.3. The Morgan fingerprint density at radius 2 is 1.38 bits per heavy atom. The van der Waals surface area contributed by atoms with Crippen molar-refractivity contribution in [2.75, 3.05) is 13.7 Å². The number of likely N-dealkylation sites (tertiary alicyclic amines) is 2. The third kappa shape index (κ3) is 7.37. The average Bonchev–Trinajstić information content (AvgIpc) is 4.13. The van der Waals surface area contributed by atoms with Gasteiger partial charge in [0.2, 0.25) is 11.8 Å². The number of imidazole rings is 2. The third-order valence-electron chi connectivity index (χ3n) is 15.6. The number of amides is 3. The first kappa shape index (κ1) is 41.4. The summed E-state index contributed by atoms with van der Waals surface area (Å²) in [6, 6.07) is 13.0. The molecule has 3 amide bonds. The monoisotopic (exact) mass is 828 g/mol. The fourth-order valence-corrected chi connectivity index (χ4v) is 11.9. The van der Waals surface area contributed by atoms with Crippen LogP contribution in [-0.2, 0) is 14.3 Å². The zero-order chi connectivity index (χ0) is 42.7. The molecule has 6 aliphatic rings. The van der Waals surface area contributed by atoms with Gasteiger partial charge in [-0.05, 0) is 121 Å². The van der Waals surface area contributed by atoms with E-state index in [1.54, 1.807) is 0 Å². The Morgan fingerprint density at radius 1 is 0.754 bits per heavy atom. The van der Waals surface area contributed by atoms with Crippen LogP contribution >= 0.6 is 0 Å². The Labute approximate surface area is 361 Å². The summed E-state index contributed by atoms with van der Waals surface area (Å²) in [7, 11) is 1.32. The molecular weight excluding hydrogens is 763 g/mol. The molecule has 2 aromatic carbocycles. The van der Waals surface area contributed by atoms with Crippen molar-refractivity contribution in [2.24, 2.45) is 29.6 Å². The average molecular weight is 828 g/mol. The van der Waals surface area contributed by atoms with Gasteiger partial charge in [0, 0.05) is 24.1 Å². The predicted molar refractivity (Wildman–Crippen MR) is 237 cm³/mol. The fraction of sp³-hybridized carbons (Fsp3) is 0.580. The molecule has 2 aromatic heterocycles. The quantitative estimate of drug-likeness (QED) is 0.138. The van der Waals surface area contributed by atoms with E-state index < -0.39 is 12.1 Å². The Hall–Kier alpha value is -4.93. The summed E-state index contributed by atoms with van der Waals surface area (Å²) in [6.07, 6.45) is 14.4. The summed E-state index contributed by atoms with van der Waals surface area (Å²) in [5, 5.41) is 2.78. The molecular formula is C50H65N7O4. The maximum atomic E-state index is 14.1. The van der Waals surface area contributed by atoms with Crippen LogP contribution in [0.15, 0.2) is 48.8 Å². The predicted octanol–water partition coefficient (Wildman–Crippen LogP) is 10.3. The molecule has 61 heavy (non-hydrogen) atoms. The molecule has 0 spiro atoms. The van der Waals surface area contributed by atoms with Crippen molar-refractivity contribution >= 4 is 17.9 Å². The number of fused-ring (bicyclic) bond motifs is 4. The molecule has 4 heterocycles. The summed E-state index contributed by atoms with van der Waals surface area (Å²) < 4.78 is 4.87. The molecule has 11 heteroatoms. The van der Waals surface area contributed by atoms with Gasteiger partial charge in [-0.2, -0.15) is 0 Å². The number of ether oxygens (including phenoxy) is 1. The fourth-order valence-electron chi connectivity index (χ4n) is 11.9. The SMILES string of the molecule is CCC1CCCN(C(=O)C(NC(=O)OC)C(C)C)C1c1ncc(-c2ccc(-c3ccc(-c4cnc(C5C6CCC(C6)N5C(=O)C(C)C(C)C)[nH]4)c4c3C3CCC4CC3)cc2)[nH]1. The summed E-state index contributed by atoms with van der Waals surface area (Å²) >= 11 is 0. The number of nitrogens with one attached hydrogen (secondary N) is 3. The topological polar surface area (TPSA) is 136 Å². The van der Waals surface area contributed by atoms with Crippen molar-refractivity contribution < 1.29 is 19.1 Å². The molecule has 2 saturated heterocycles. The van der Waals surface area contributed by atoms with Crippen LogP contribution in [0.2, 0.25) is 0 Å². The molecule has 2 saturated carbocycles. The molecule has 2 aliphatic heterocycles. The van der Waals surface area contributed by atoms with E-state index in [0.29, 0.717) is 36.3 Å². The van der Waals surface area contributed by atoms with E-state index in [0.717, 1.165) is 67.1 Å². The Balaban J connectivity index is 0.990. The molecule has 7 atom stereocenters. The molecule has 4 fully saturated rings. The summed E-state index contributed by atoms with van der Waals surface area (Å²) in [5.41, 5.74) is 9.84. The van der Waals surface area contributed by atoms with Crippen LogP contribution in [0, 0.1) is 29.6 Å². The largest absolute Gasteiger partial charge is 0.453 e. The number of aromatic nitrogens is 4. The molecule has 4 aliphatic carbocycles. The number of piperidine rings is 2. The molecule has 324 valence electrons. The van der Waals surface area contributed by atoms with E-state index in [2.05, 4.69) is 84.3 Å². The van der Waals surface area contributed by atoms with E-state index in [4.69, 9.17) is 14.7 Å². The second-order valence-corrected chi connectivity index (χ2v) is 19.6. The van der Waals surface area contributed by atoms with Crippen molar-refractivity contribution in [1.82, 2.24) is 35.1 Å². The zero-order valence-electron chi connectivity index (χ0n) is 37.2. The van der Waals surface area contributed by atoms with Gasteiger partial charge in [-0.3, -0.25) is 9.59 Å². The molecule has 11 nitrogen and oxygen atoms in total. The molecule has 7 unspecified atom stereocenters. The van der Waals surface area contributed by atoms with Gasteiger partial charge in [-0.25, -0.2) is 14.8 Å². The number of carbonyl (C=O) groups is 3. The smallest absolute Gasteiger partial charge is 0.407 e. The molecule has 4 aromatic rings. The van der Waals surface area contributed by atoms with Gasteiger partial charge in [0.15, 0.2) is 0 Å². The lowest BCUT2D eigenvalue weighted by Crippen LogP contribution is -2.54. The number of H-pyrrole nitrogens is 2. The number of hydrogen-bond donors (Lipinski definition) is 3. The van der Waals surface area contributed by atoms with Crippen LogP contribution in [0.25, 0.3) is 33.6 Å². The minimum absolute atomic E-state index is 0.00222. The number of alkyl carbamates (subject to hydrolysis) is 1. The summed E-state index contributed by atoms with van der Waals surface area (Å²) in [4.78, 5) is 61.7. The van der Waals surface area contributed by atoms with E-state index in [9.17, 15) is 14.4 Å². The van der Waals surface area contributed by atoms with E-state index >= 15 is 0 Å². The van der Waals surface area contributed by atoms with Gasteiger partial charge in [-0.15, -0.1) is 0 Å². The normalized spacial score (nSPS) is 26.5. The van der Waals surface area contributed by atoms with Crippen LogP contribution in [-0.4, -0.2) is 73.4 Å². The van der Waals surface area contributed by atoms with Crippen LogP contribution in [0.4, 0.5) is 4.79 Å². The second kappa shape index (κ2) is 16.7. The van der Waals surface area contributed by atoms with Crippen molar-refractivity contribution in [3.8, 4) is 33.6 Å². The highest BCUT2D eigenvalue weighted by Crippen LogP contribution is 2.56. The molecule has 0 radical (unpaired) electrons. The summed E-state index contributed by atoms with van der Waals surface area (Å²) in [6.45, 7) is 13.1. The van der Waals surface area contributed by atoms with Gasteiger partial charge in [0.25, 0.3) is 0 Å². The Kier molecular flexibility index (Phi) is 11.4. The number of rotatable bonds is 11. The minimum Gasteiger partial charge on any atom is -0.453 e. The number of methoxy groups -OCH3 is 1. The lowest BCUT2D eigenvalue weighted by atomic mass is 9.64. The van der Waals surface area contributed by atoms with Crippen LogP contribution in [0.5, 0.6) is 0 Å². The maximum absolute atomic E-state index is 14.1. The van der Waals surface area contributed by atoms with Crippen molar-refractivity contribution in [1.29, 1.82) is 0 Å². The molecule has 4 bridgehead atoms. The highest BCUT2D eigenvalue weighted by molar-refractivity contribution is 5.86. The number of aromatic amines is 2. The second-order valence-electron chi connectivity index (χ2n) is 19.6. The number of nitrogens with zero attached hydrogens (tertiary/aromatic N) is 4. The van der Waals surface area contributed by atoms with Crippen LogP contribution in [0.3, 0.4) is 0 Å². The number of carbonyl (C=O) groups excluding carboxylic acids is 3. The van der Waals surface area contributed by atoms with Crippen molar-refractivity contribution in [2.45, 2.75) is 142 Å². The van der Waals surface area contributed by atoms with E-state index in [1.165, 1.54) is 60.6 Å². The van der Waals surface area contributed by atoms with Crippen molar-refractivity contribution in [3.05, 3.63) is 71.6 Å². The number of benzene rings is 2. The lowest BCUT2D eigenvalue weighted by Gasteiger charge is -2.42. The van der Waals surface area contributed by atoms with E-state index in [-0.39, 0.29) is 41.7 Å². The Bertz CT molecular complexity index is 2250. The van der Waals surface area contributed by atoms with Gasteiger partial charge in [0.05, 0.1) is 43.0 Å². The highest BCUT2D eigenvalue weighted by Gasteiger charge is 2.51. The summed E-state index contributed by atoms with van der Waals surface area (Å²) in [5.74, 6) is 3.90. The first-order chi connectivity index (χ1) is 29.5. The van der Waals surface area contributed by atoms with Gasteiger partial charge in [0.1, 0.15) is 17.7 Å². The van der Waals surface area contributed by atoms with Crippen LogP contribution < -0.4 is 5.32 Å². The molecule has 10 rings (SSSR count). The van der Waals surface area contributed by atoms with Gasteiger partial charge in [-0.1, -0.05) is 84.4 Å². The first-order valence-corrected chi connectivity index (χ1v) is 23.3. The van der Waals surface area contributed by atoms with Crippen LogP contribution in [0.1, 0.15) is 152 Å². The highest BCUT2D eigenvalue weighted by atomic mass is 16.5. The standard InChI is InChI=1S/C50H65N7O4/c1-8-30-10-9-23-56(49(59)43(28(4)5)55-50(60)61-7)44(30)46-51-25-39(53-46)32-13-11-31(12-14-32)37-21-22-38(42-34-17-15-33(16-18-34)41(37)42)40-26-52-47(54-40)45-35-19-20-36(24-35)57(45)48(58)29(6)27(2)3/h11-14,21-22,25-30,33-36,43-45H,8-10,15-20,23-24H2,1-7H3,(H,51,53)(H,52,54)(H,55,60). The Morgan fingerprint density at radius 3 is 2.03 bits per heavy atom. The third-order valence-corrected chi connectivity index (χ3v) is 15.6. The van der Waals surface area contributed by atoms with Crippen molar-refractivity contribution in [3.63, 3.8) is 0 Å². The maximum Gasteiger partial charge on any atom is 0.407 e. The zero-order valence-corrected chi connectivity index (χ0v) is 37.2. The van der Waals surface area contributed by atoms with E-state index in [1.807, 2.05) is 31.1 Å². The number of hydrogen-bond acceptors (Lipinski definition) is 6. The van der Waals surface area contributed by atoms with Gasteiger partial charge >= 0.3 is 6.09 Å². The molecule has 3 N–H and O–H groups in total. The van der Waals surface area contributed by atoms with Gasteiger partial charge < -0.3 is 29.8 Å². The minimum atomic E-state index is -0.687.